The second-order valence-electron chi connectivity index (χ2n) is 4.23. The standard InChI is InChI=1S/C12H15N5O2/c1-8-7-14-17(16-15-8)10-4-2-3-9(5-10)6-11(13)12(18)19/h2-5,7,11,16H,6,13H2,1H3,(H,18,19). The van der Waals surface area contributed by atoms with Crippen LogP contribution in [0, 0.1) is 0 Å². The van der Waals surface area contributed by atoms with Crippen LogP contribution in [0.5, 0.6) is 0 Å². The topological polar surface area (TPSA) is 103 Å². The number of hydrogen-bond acceptors (Lipinski definition) is 6. The molecule has 7 nitrogen and oxygen atoms in total. The molecule has 7 heteroatoms. The highest BCUT2D eigenvalue weighted by molar-refractivity contribution is 6.29. The van der Waals surface area contributed by atoms with Crippen LogP contribution in [0.15, 0.2) is 34.5 Å². The van der Waals surface area contributed by atoms with Crippen LogP contribution in [-0.4, -0.2) is 29.0 Å². The molecule has 4 N–H and O–H groups in total. The Labute approximate surface area is 110 Å². The molecular weight excluding hydrogens is 246 g/mol. The van der Waals surface area contributed by atoms with Gasteiger partial charge < -0.3 is 10.8 Å². The highest BCUT2D eigenvalue weighted by Crippen LogP contribution is 2.16. The van der Waals surface area contributed by atoms with E-state index in [1.807, 2.05) is 31.2 Å². The summed E-state index contributed by atoms with van der Waals surface area (Å²) in [6.45, 7) is 1.83. The van der Waals surface area contributed by atoms with Crippen molar-refractivity contribution in [1.82, 2.24) is 5.53 Å². The van der Waals surface area contributed by atoms with Crippen LogP contribution in [0.2, 0.25) is 0 Å². The van der Waals surface area contributed by atoms with Gasteiger partial charge in [-0.25, -0.2) is 0 Å². The molecule has 0 aromatic heterocycles. The Kier molecular flexibility index (Phi) is 3.76. The number of carbonyl (C=O) groups is 1. The van der Waals surface area contributed by atoms with Crippen molar-refractivity contribution >= 4 is 23.6 Å². The zero-order chi connectivity index (χ0) is 13.8. The van der Waals surface area contributed by atoms with Crippen LogP contribution < -0.4 is 16.4 Å². The van der Waals surface area contributed by atoms with Gasteiger partial charge in [0.25, 0.3) is 0 Å². The largest absolute Gasteiger partial charge is 0.480 e. The summed E-state index contributed by atoms with van der Waals surface area (Å²) in [6.07, 6.45) is 1.90. The Hall–Kier alpha value is -2.41. The van der Waals surface area contributed by atoms with Gasteiger partial charge >= 0.3 is 5.97 Å². The number of rotatable bonds is 4. The fourth-order valence-corrected chi connectivity index (χ4v) is 1.60. The highest BCUT2D eigenvalue weighted by Gasteiger charge is 2.13. The summed E-state index contributed by atoms with van der Waals surface area (Å²) in [5, 5.41) is 18.5. The summed E-state index contributed by atoms with van der Waals surface area (Å²) in [7, 11) is 0. The third kappa shape index (κ3) is 3.29. The van der Waals surface area contributed by atoms with Gasteiger partial charge in [-0.3, -0.25) is 4.79 Å². The molecule has 1 aromatic rings. The van der Waals surface area contributed by atoms with Crippen molar-refractivity contribution in [2.24, 2.45) is 15.9 Å². The van der Waals surface area contributed by atoms with Crippen LogP contribution in [0.3, 0.4) is 0 Å². The Morgan fingerprint density at radius 1 is 1.58 bits per heavy atom. The minimum absolute atomic E-state index is 0.267. The Bertz CT molecular complexity index is 541. The van der Waals surface area contributed by atoms with E-state index in [2.05, 4.69) is 15.7 Å². The smallest absolute Gasteiger partial charge is 0.320 e. The lowest BCUT2D eigenvalue weighted by molar-refractivity contribution is -0.138. The first-order valence-corrected chi connectivity index (χ1v) is 5.77. The maximum Gasteiger partial charge on any atom is 0.320 e. The highest BCUT2D eigenvalue weighted by atomic mass is 16.4. The summed E-state index contributed by atoms with van der Waals surface area (Å²) >= 11 is 0. The average Bonchev–Trinajstić information content (AvgIpc) is 2.39. The molecule has 1 unspecified atom stereocenters. The third-order valence-corrected chi connectivity index (χ3v) is 2.61. The summed E-state index contributed by atoms with van der Waals surface area (Å²) in [6, 6.07) is 6.41. The lowest BCUT2D eigenvalue weighted by atomic mass is 10.1. The molecule has 1 aliphatic heterocycles. The van der Waals surface area contributed by atoms with Crippen molar-refractivity contribution in [3.63, 3.8) is 0 Å². The number of nitrogens with one attached hydrogen (secondary N) is 1. The second-order valence-corrected chi connectivity index (χ2v) is 4.23. The molecule has 1 aliphatic rings. The molecule has 0 spiro atoms. The van der Waals surface area contributed by atoms with E-state index in [4.69, 9.17) is 10.8 Å². The number of anilines is 1. The minimum atomic E-state index is -1.01. The molecule has 0 fully saturated rings. The van der Waals surface area contributed by atoms with E-state index in [0.717, 1.165) is 17.0 Å². The van der Waals surface area contributed by atoms with Crippen molar-refractivity contribution in [2.45, 2.75) is 19.4 Å². The van der Waals surface area contributed by atoms with Gasteiger partial charge in [-0.1, -0.05) is 12.1 Å². The minimum Gasteiger partial charge on any atom is -0.480 e. The summed E-state index contributed by atoms with van der Waals surface area (Å²) < 4.78 is 0. The van der Waals surface area contributed by atoms with Crippen LogP contribution in [0.25, 0.3) is 0 Å². The lowest BCUT2D eigenvalue weighted by Crippen LogP contribution is -2.34. The van der Waals surface area contributed by atoms with E-state index >= 15 is 0 Å². The van der Waals surface area contributed by atoms with Crippen LogP contribution >= 0.6 is 0 Å². The summed E-state index contributed by atoms with van der Waals surface area (Å²) in [4.78, 5) is 10.7. The molecule has 2 rings (SSSR count). The van der Waals surface area contributed by atoms with Gasteiger partial charge in [0.05, 0.1) is 17.6 Å². The Morgan fingerprint density at radius 3 is 3.00 bits per heavy atom. The van der Waals surface area contributed by atoms with Crippen LogP contribution in [-0.2, 0) is 11.2 Å². The zero-order valence-corrected chi connectivity index (χ0v) is 10.4. The number of carboxylic acid groups (broad SMARTS) is 1. The number of hydrazone groups is 2. The molecular formula is C12H15N5O2. The number of benzene rings is 1. The van der Waals surface area contributed by atoms with E-state index < -0.39 is 12.0 Å². The first-order chi connectivity index (χ1) is 9.06. The first-order valence-electron chi connectivity index (χ1n) is 5.77. The van der Waals surface area contributed by atoms with Gasteiger partial charge in [0.1, 0.15) is 6.04 Å². The number of hydrogen-bond donors (Lipinski definition) is 3. The molecule has 0 saturated carbocycles. The normalized spacial score (nSPS) is 15.7. The fourth-order valence-electron chi connectivity index (χ4n) is 1.60. The van der Waals surface area contributed by atoms with E-state index in [9.17, 15) is 4.79 Å². The summed E-state index contributed by atoms with van der Waals surface area (Å²) in [5.41, 5.74) is 10.7. The predicted octanol–water partition coefficient (Wildman–Crippen LogP) is 0.327. The molecule has 1 aromatic carbocycles. The third-order valence-electron chi connectivity index (χ3n) is 2.61. The molecule has 0 aliphatic carbocycles. The van der Waals surface area contributed by atoms with Gasteiger partial charge in [-0.15, -0.1) is 0 Å². The number of nitrogens with two attached hydrogens (primary N) is 1. The number of carboxylic acids is 1. The second kappa shape index (κ2) is 5.49. The average molecular weight is 261 g/mol. The molecule has 0 amide bonds. The Balaban J connectivity index is 2.12. The molecule has 19 heavy (non-hydrogen) atoms. The van der Waals surface area contributed by atoms with E-state index in [1.54, 1.807) is 6.21 Å². The maximum absolute atomic E-state index is 10.7. The van der Waals surface area contributed by atoms with Gasteiger partial charge in [0, 0.05) is 0 Å². The summed E-state index contributed by atoms with van der Waals surface area (Å²) in [5.74, 6) is -1.01. The van der Waals surface area contributed by atoms with Crippen LogP contribution in [0.1, 0.15) is 12.5 Å². The van der Waals surface area contributed by atoms with Crippen molar-refractivity contribution in [3.05, 3.63) is 29.8 Å². The molecule has 100 valence electrons. The van der Waals surface area contributed by atoms with E-state index in [1.165, 1.54) is 5.12 Å². The molecule has 0 radical (unpaired) electrons. The van der Waals surface area contributed by atoms with Gasteiger partial charge in [-0.05, 0) is 31.0 Å². The van der Waals surface area contributed by atoms with E-state index in [-0.39, 0.29) is 6.42 Å². The number of hydrazine groups is 1. The van der Waals surface area contributed by atoms with E-state index in [0.29, 0.717) is 0 Å². The zero-order valence-electron chi connectivity index (χ0n) is 10.4. The number of nitrogens with zero attached hydrogens (tertiary/aromatic N) is 3. The number of aliphatic carboxylic acids is 1. The first kappa shape index (κ1) is 13.0. The quantitative estimate of drug-likeness (QED) is 0.724. The van der Waals surface area contributed by atoms with Crippen molar-refractivity contribution in [1.29, 1.82) is 0 Å². The van der Waals surface area contributed by atoms with Crippen LogP contribution in [0.4, 0.5) is 5.69 Å². The van der Waals surface area contributed by atoms with Crippen molar-refractivity contribution in [2.75, 3.05) is 5.12 Å². The molecule has 0 saturated heterocycles. The van der Waals surface area contributed by atoms with Gasteiger partial charge in [-0.2, -0.15) is 20.9 Å². The van der Waals surface area contributed by atoms with Crippen molar-refractivity contribution in [3.8, 4) is 0 Å². The van der Waals surface area contributed by atoms with Gasteiger partial charge in [0.2, 0.25) is 0 Å². The molecule has 0 bridgehead atoms. The molecule has 1 atom stereocenters. The fraction of sp³-hybridized carbons (Fsp3) is 0.250. The van der Waals surface area contributed by atoms with Crippen molar-refractivity contribution < 1.29 is 9.90 Å². The Morgan fingerprint density at radius 2 is 2.37 bits per heavy atom. The maximum atomic E-state index is 10.7. The van der Waals surface area contributed by atoms with Gasteiger partial charge in [0.15, 0.2) is 0 Å². The monoisotopic (exact) mass is 261 g/mol. The lowest BCUT2D eigenvalue weighted by Gasteiger charge is -2.21. The predicted molar refractivity (Wildman–Crippen MR) is 73.0 cm³/mol. The molecule has 1 heterocycles. The SMILES string of the molecule is CC1=NNN(c2cccc(CC(N)C(=O)O)c2)N=C1.